The summed E-state index contributed by atoms with van der Waals surface area (Å²) in [4.78, 5) is 37.8. The Bertz CT molecular complexity index is 763. The minimum atomic E-state index is -4.45. The first-order valence-electron chi connectivity index (χ1n) is 8.11. The summed E-state index contributed by atoms with van der Waals surface area (Å²) in [7, 11) is 0. The Hall–Kier alpha value is -2.58. The maximum atomic E-state index is 12.7. The van der Waals surface area contributed by atoms with Crippen LogP contribution in [0.4, 0.5) is 13.2 Å². The molecule has 3 N–H and O–H groups in total. The molecule has 0 bridgehead atoms. The molecule has 2 aliphatic rings. The van der Waals surface area contributed by atoms with Crippen molar-refractivity contribution in [3.8, 4) is 0 Å². The molecule has 9 heteroatoms. The first kappa shape index (κ1) is 18.2. The molecule has 0 radical (unpaired) electrons. The Kier molecular flexibility index (Phi) is 4.20. The highest BCUT2D eigenvalue weighted by Gasteiger charge is 2.64. The standard InChI is InChI=1S/C17H18F3N3O3/c1-9-12(14(21)25)6-16(9)15(26)22-7-13(24)23(16)8-10-2-4-11(5-3-10)17(18,19)20/h2-5,9,12H,6-8H2,1H3,(H2,21,25)(H,22,26). The molecule has 2 fully saturated rings. The van der Waals surface area contributed by atoms with Gasteiger partial charge >= 0.3 is 6.18 Å². The number of carbonyl (C=O) groups excluding carboxylic acids is 3. The van der Waals surface area contributed by atoms with Gasteiger partial charge in [0, 0.05) is 18.4 Å². The average Bonchev–Trinajstić information content (AvgIpc) is 2.56. The zero-order chi connectivity index (χ0) is 19.3. The number of hydrogen-bond acceptors (Lipinski definition) is 3. The topological polar surface area (TPSA) is 92.5 Å². The fraction of sp³-hybridized carbons (Fsp3) is 0.471. The van der Waals surface area contributed by atoms with Crippen LogP contribution in [0, 0.1) is 11.8 Å². The maximum Gasteiger partial charge on any atom is 0.416 e. The number of piperazine rings is 1. The molecular weight excluding hydrogens is 351 g/mol. The third-order valence-electron chi connectivity index (χ3n) is 5.45. The van der Waals surface area contributed by atoms with Crippen LogP contribution in [0.2, 0.25) is 0 Å². The lowest BCUT2D eigenvalue weighted by Crippen LogP contribution is -2.76. The number of hydrogen-bond donors (Lipinski definition) is 2. The van der Waals surface area contributed by atoms with E-state index >= 15 is 0 Å². The average molecular weight is 369 g/mol. The van der Waals surface area contributed by atoms with E-state index in [1.807, 2.05) is 0 Å². The highest BCUT2D eigenvalue weighted by molar-refractivity contribution is 6.00. The number of nitrogens with two attached hydrogens (primary N) is 1. The molecular formula is C17H18F3N3O3. The van der Waals surface area contributed by atoms with Crippen molar-refractivity contribution in [2.24, 2.45) is 17.6 Å². The lowest BCUT2D eigenvalue weighted by Gasteiger charge is -2.58. The van der Waals surface area contributed by atoms with Gasteiger partial charge in [-0.1, -0.05) is 19.1 Å². The Morgan fingerprint density at radius 2 is 1.92 bits per heavy atom. The number of nitrogens with one attached hydrogen (secondary N) is 1. The monoisotopic (exact) mass is 369 g/mol. The van der Waals surface area contributed by atoms with Crippen molar-refractivity contribution >= 4 is 17.7 Å². The number of alkyl halides is 3. The lowest BCUT2D eigenvalue weighted by molar-refractivity contribution is -0.177. The predicted molar refractivity (Wildman–Crippen MR) is 84.2 cm³/mol. The fourth-order valence-electron chi connectivity index (χ4n) is 3.83. The van der Waals surface area contributed by atoms with E-state index in [0.717, 1.165) is 12.1 Å². The van der Waals surface area contributed by atoms with Crippen molar-refractivity contribution in [3.63, 3.8) is 0 Å². The molecule has 140 valence electrons. The molecule has 26 heavy (non-hydrogen) atoms. The van der Waals surface area contributed by atoms with Gasteiger partial charge in [0.25, 0.3) is 0 Å². The number of benzene rings is 1. The molecule has 1 aromatic carbocycles. The van der Waals surface area contributed by atoms with Crippen molar-refractivity contribution in [3.05, 3.63) is 35.4 Å². The van der Waals surface area contributed by atoms with Gasteiger partial charge in [0.15, 0.2) is 0 Å². The second-order valence-electron chi connectivity index (χ2n) is 6.78. The second-order valence-corrected chi connectivity index (χ2v) is 6.78. The van der Waals surface area contributed by atoms with E-state index in [1.165, 1.54) is 17.0 Å². The molecule has 3 atom stereocenters. The summed E-state index contributed by atoms with van der Waals surface area (Å²) in [6.45, 7) is 1.48. The molecule has 3 unspecified atom stereocenters. The lowest BCUT2D eigenvalue weighted by atomic mass is 9.57. The van der Waals surface area contributed by atoms with Gasteiger partial charge in [-0.2, -0.15) is 13.2 Å². The molecule has 1 aliphatic heterocycles. The van der Waals surface area contributed by atoms with E-state index in [2.05, 4.69) is 5.32 Å². The SMILES string of the molecule is CC1C(C(N)=O)CC12C(=O)NCC(=O)N2Cc1ccc(C(F)(F)F)cc1. The minimum absolute atomic E-state index is 0.0137. The van der Waals surface area contributed by atoms with Gasteiger partial charge < -0.3 is 16.0 Å². The zero-order valence-electron chi connectivity index (χ0n) is 14.0. The second kappa shape index (κ2) is 6.00. The van der Waals surface area contributed by atoms with Gasteiger partial charge in [0.05, 0.1) is 12.1 Å². The van der Waals surface area contributed by atoms with E-state index in [0.29, 0.717) is 5.56 Å². The molecule has 1 saturated heterocycles. The van der Waals surface area contributed by atoms with Crippen LogP contribution in [0.3, 0.4) is 0 Å². The molecule has 1 spiro atoms. The van der Waals surface area contributed by atoms with Crippen molar-refractivity contribution in [1.29, 1.82) is 0 Å². The Morgan fingerprint density at radius 3 is 2.42 bits per heavy atom. The molecule has 1 aromatic rings. The van der Waals surface area contributed by atoms with E-state index in [1.54, 1.807) is 6.92 Å². The summed E-state index contributed by atoms with van der Waals surface area (Å²) in [5.74, 6) is -2.25. The van der Waals surface area contributed by atoms with Gasteiger partial charge in [0.2, 0.25) is 17.7 Å². The number of carbonyl (C=O) groups is 3. The summed E-state index contributed by atoms with van der Waals surface area (Å²) in [6, 6.07) is 4.44. The summed E-state index contributed by atoms with van der Waals surface area (Å²) >= 11 is 0. The van der Waals surface area contributed by atoms with Crippen LogP contribution in [-0.2, 0) is 27.1 Å². The van der Waals surface area contributed by atoms with Crippen LogP contribution in [0.25, 0.3) is 0 Å². The number of primary amides is 1. The Labute approximate surface area is 147 Å². The maximum absolute atomic E-state index is 12.7. The Balaban J connectivity index is 1.88. The van der Waals surface area contributed by atoms with Crippen molar-refractivity contribution < 1.29 is 27.6 Å². The first-order chi connectivity index (χ1) is 12.1. The quantitative estimate of drug-likeness (QED) is 0.834. The molecule has 3 rings (SSSR count). The van der Waals surface area contributed by atoms with Gasteiger partial charge in [0.1, 0.15) is 5.54 Å². The number of halogens is 3. The summed E-state index contributed by atoms with van der Waals surface area (Å²) in [6.07, 6.45) is -4.33. The van der Waals surface area contributed by atoms with Crippen LogP contribution in [0.5, 0.6) is 0 Å². The predicted octanol–water partition coefficient (Wildman–Crippen LogP) is 1.04. The molecule has 1 aliphatic carbocycles. The van der Waals surface area contributed by atoms with Crippen LogP contribution >= 0.6 is 0 Å². The van der Waals surface area contributed by atoms with E-state index in [-0.39, 0.29) is 31.3 Å². The number of amides is 3. The third kappa shape index (κ3) is 2.71. The molecule has 6 nitrogen and oxygen atoms in total. The summed E-state index contributed by atoms with van der Waals surface area (Å²) in [5, 5.41) is 2.53. The normalized spacial score (nSPS) is 28.7. The highest BCUT2D eigenvalue weighted by atomic mass is 19.4. The van der Waals surface area contributed by atoms with Crippen LogP contribution in [0.1, 0.15) is 24.5 Å². The molecule has 3 amide bonds. The number of nitrogens with zero attached hydrogens (tertiary/aromatic N) is 1. The largest absolute Gasteiger partial charge is 0.416 e. The fourth-order valence-corrected chi connectivity index (χ4v) is 3.83. The summed E-state index contributed by atoms with van der Waals surface area (Å²) in [5.41, 5.74) is 3.82. The highest BCUT2D eigenvalue weighted by Crippen LogP contribution is 2.49. The van der Waals surface area contributed by atoms with Crippen LogP contribution in [-0.4, -0.2) is 34.7 Å². The van der Waals surface area contributed by atoms with Crippen molar-refractivity contribution in [1.82, 2.24) is 10.2 Å². The Morgan fingerprint density at radius 1 is 1.31 bits per heavy atom. The molecule has 1 heterocycles. The van der Waals surface area contributed by atoms with Gasteiger partial charge in [-0.3, -0.25) is 14.4 Å². The van der Waals surface area contributed by atoms with E-state index in [4.69, 9.17) is 5.73 Å². The smallest absolute Gasteiger partial charge is 0.369 e. The van der Waals surface area contributed by atoms with Gasteiger partial charge in [-0.15, -0.1) is 0 Å². The summed E-state index contributed by atoms with van der Waals surface area (Å²) < 4.78 is 38.1. The van der Waals surface area contributed by atoms with Crippen LogP contribution in [0.15, 0.2) is 24.3 Å². The molecule has 0 aromatic heterocycles. The molecule has 1 saturated carbocycles. The van der Waals surface area contributed by atoms with Gasteiger partial charge in [-0.05, 0) is 24.1 Å². The van der Waals surface area contributed by atoms with E-state index < -0.39 is 35.0 Å². The minimum Gasteiger partial charge on any atom is -0.369 e. The van der Waals surface area contributed by atoms with E-state index in [9.17, 15) is 27.6 Å². The van der Waals surface area contributed by atoms with Crippen molar-refractivity contribution in [2.45, 2.75) is 31.6 Å². The third-order valence-corrected chi connectivity index (χ3v) is 5.45. The van der Waals surface area contributed by atoms with Crippen LogP contribution < -0.4 is 11.1 Å². The van der Waals surface area contributed by atoms with Gasteiger partial charge in [-0.25, -0.2) is 0 Å². The first-order valence-corrected chi connectivity index (χ1v) is 8.11. The number of rotatable bonds is 3. The zero-order valence-corrected chi connectivity index (χ0v) is 14.0. The van der Waals surface area contributed by atoms with Crippen molar-refractivity contribution in [2.75, 3.05) is 6.54 Å².